The van der Waals surface area contributed by atoms with Crippen LogP contribution in [0.1, 0.15) is 43.2 Å². The average Bonchev–Trinajstić information content (AvgIpc) is 3.13. The molecule has 4 heteroatoms. The predicted molar refractivity (Wildman–Crippen MR) is 79.3 cm³/mol. The molecular formula is C15H19N3S. The molecule has 3 nitrogen and oxygen atoms in total. The van der Waals surface area contributed by atoms with Crippen LogP contribution in [0.4, 0.5) is 0 Å². The molecule has 0 unspecified atom stereocenters. The van der Waals surface area contributed by atoms with Crippen LogP contribution in [-0.4, -0.2) is 16.2 Å². The highest BCUT2D eigenvalue weighted by atomic mass is 32.1. The largest absolute Gasteiger partial charge is 0.308 e. The number of nitrogens with zero attached hydrogens (tertiary/aromatic N) is 2. The summed E-state index contributed by atoms with van der Waals surface area (Å²) in [7, 11) is 0. The van der Waals surface area contributed by atoms with Crippen molar-refractivity contribution in [3.63, 3.8) is 0 Å². The van der Waals surface area contributed by atoms with Crippen LogP contribution >= 0.6 is 11.3 Å². The van der Waals surface area contributed by atoms with Gasteiger partial charge in [-0.3, -0.25) is 0 Å². The molecule has 0 bridgehead atoms. The lowest BCUT2D eigenvalue weighted by Crippen LogP contribution is -2.14. The highest BCUT2D eigenvalue weighted by molar-refractivity contribution is 7.14. The molecule has 1 N–H and O–H groups in total. The van der Waals surface area contributed by atoms with Crippen LogP contribution < -0.4 is 5.32 Å². The molecule has 100 valence electrons. The third-order valence-electron chi connectivity index (χ3n) is 3.41. The zero-order valence-electron chi connectivity index (χ0n) is 11.4. The van der Waals surface area contributed by atoms with E-state index < -0.39 is 0 Å². The first-order chi connectivity index (χ1) is 9.22. The lowest BCUT2D eigenvalue weighted by Gasteiger charge is -2.04. The van der Waals surface area contributed by atoms with Gasteiger partial charge in [-0.25, -0.2) is 0 Å². The van der Waals surface area contributed by atoms with Gasteiger partial charge in [-0.1, -0.05) is 49.4 Å². The van der Waals surface area contributed by atoms with Gasteiger partial charge in [0.15, 0.2) is 0 Å². The van der Waals surface area contributed by atoms with E-state index in [-0.39, 0.29) is 0 Å². The summed E-state index contributed by atoms with van der Waals surface area (Å²) in [4.78, 5) is 0. The van der Waals surface area contributed by atoms with Gasteiger partial charge in [-0.05, 0) is 24.3 Å². The van der Waals surface area contributed by atoms with Crippen molar-refractivity contribution in [2.45, 2.75) is 45.2 Å². The van der Waals surface area contributed by atoms with E-state index in [0.29, 0.717) is 5.92 Å². The molecule has 1 heterocycles. The summed E-state index contributed by atoms with van der Waals surface area (Å²) in [5, 5.41) is 14.1. The Bertz CT molecular complexity index is 541. The Balaban J connectivity index is 1.70. The second-order valence-corrected chi connectivity index (χ2v) is 6.49. The number of hydrogen-bond donors (Lipinski definition) is 1. The molecule has 1 saturated carbocycles. The van der Waals surface area contributed by atoms with Crippen LogP contribution in [-0.2, 0) is 6.54 Å². The van der Waals surface area contributed by atoms with E-state index in [9.17, 15) is 0 Å². The minimum absolute atomic E-state index is 0.571. The molecule has 1 aromatic heterocycles. The Morgan fingerprint density at radius 1 is 1.21 bits per heavy atom. The van der Waals surface area contributed by atoms with Crippen molar-refractivity contribution in [3.05, 3.63) is 34.8 Å². The number of hydrogen-bond acceptors (Lipinski definition) is 4. The molecular weight excluding hydrogens is 254 g/mol. The van der Waals surface area contributed by atoms with Gasteiger partial charge in [0.25, 0.3) is 0 Å². The summed E-state index contributed by atoms with van der Waals surface area (Å²) in [5.74, 6) is 0.571. The van der Waals surface area contributed by atoms with Crippen molar-refractivity contribution in [1.29, 1.82) is 0 Å². The number of rotatable bonds is 5. The Kier molecular flexibility index (Phi) is 3.62. The minimum Gasteiger partial charge on any atom is -0.308 e. The predicted octanol–water partition coefficient (Wildman–Crippen LogP) is 3.58. The third kappa shape index (κ3) is 3.19. The van der Waals surface area contributed by atoms with Crippen molar-refractivity contribution >= 4 is 11.3 Å². The minimum atomic E-state index is 0.571. The van der Waals surface area contributed by atoms with Crippen LogP contribution in [0.25, 0.3) is 10.6 Å². The second kappa shape index (κ2) is 5.39. The van der Waals surface area contributed by atoms with Gasteiger partial charge >= 0.3 is 0 Å². The van der Waals surface area contributed by atoms with Gasteiger partial charge in [0.2, 0.25) is 0 Å². The van der Waals surface area contributed by atoms with E-state index in [2.05, 4.69) is 53.6 Å². The van der Waals surface area contributed by atoms with Gasteiger partial charge in [0, 0.05) is 18.2 Å². The Morgan fingerprint density at radius 2 is 1.95 bits per heavy atom. The molecule has 1 aromatic carbocycles. The van der Waals surface area contributed by atoms with E-state index in [1.54, 1.807) is 11.3 Å². The summed E-state index contributed by atoms with van der Waals surface area (Å²) in [6.45, 7) is 5.27. The third-order valence-corrected chi connectivity index (χ3v) is 4.38. The summed E-state index contributed by atoms with van der Waals surface area (Å²) >= 11 is 1.69. The smallest absolute Gasteiger partial charge is 0.147 e. The molecule has 2 aromatic rings. The van der Waals surface area contributed by atoms with Crippen molar-refractivity contribution in [2.24, 2.45) is 0 Å². The summed E-state index contributed by atoms with van der Waals surface area (Å²) in [5.41, 5.74) is 2.53. The average molecular weight is 273 g/mol. The van der Waals surface area contributed by atoms with Crippen molar-refractivity contribution in [2.75, 3.05) is 0 Å². The molecule has 1 fully saturated rings. The molecule has 1 aliphatic rings. The lowest BCUT2D eigenvalue weighted by atomic mass is 10.0. The molecule has 0 radical (unpaired) electrons. The van der Waals surface area contributed by atoms with Gasteiger partial charge < -0.3 is 5.32 Å². The topological polar surface area (TPSA) is 37.8 Å². The fourth-order valence-electron chi connectivity index (χ4n) is 1.97. The fourth-order valence-corrected chi connectivity index (χ4v) is 2.77. The summed E-state index contributed by atoms with van der Waals surface area (Å²) in [6, 6.07) is 9.38. The van der Waals surface area contributed by atoms with E-state index in [1.165, 1.54) is 24.0 Å². The Hall–Kier alpha value is -1.26. The molecule has 0 atom stereocenters. The van der Waals surface area contributed by atoms with E-state index in [4.69, 9.17) is 0 Å². The SMILES string of the molecule is CC(C)c1ccc(-c2nnc(CNC3CC3)s2)cc1. The van der Waals surface area contributed by atoms with Gasteiger partial charge in [-0.2, -0.15) is 0 Å². The molecule has 0 saturated heterocycles. The maximum atomic E-state index is 4.29. The first-order valence-electron chi connectivity index (χ1n) is 6.88. The van der Waals surface area contributed by atoms with Gasteiger partial charge in [-0.15, -0.1) is 10.2 Å². The lowest BCUT2D eigenvalue weighted by molar-refractivity contribution is 0.679. The van der Waals surface area contributed by atoms with Crippen LogP contribution in [0, 0.1) is 0 Å². The molecule has 0 spiro atoms. The van der Waals surface area contributed by atoms with E-state index in [1.807, 2.05) is 0 Å². The molecule has 0 amide bonds. The van der Waals surface area contributed by atoms with Crippen molar-refractivity contribution in [1.82, 2.24) is 15.5 Å². The highest BCUT2D eigenvalue weighted by Gasteiger charge is 2.20. The molecule has 0 aliphatic heterocycles. The Labute approximate surface area is 118 Å². The van der Waals surface area contributed by atoms with Crippen molar-refractivity contribution in [3.8, 4) is 10.6 Å². The van der Waals surface area contributed by atoms with Gasteiger partial charge in [0.1, 0.15) is 10.0 Å². The maximum absolute atomic E-state index is 4.29. The zero-order valence-corrected chi connectivity index (χ0v) is 12.2. The fraction of sp³-hybridized carbons (Fsp3) is 0.467. The maximum Gasteiger partial charge on any atom is 0.147 e. The van der Waals surface area contributed by atoms with Gasteiger partial charge in [0.05, 0.1) is 0 Å². The highest BCUT2D eigenvalue weighted by Crippen LogP contribution is 2.26. The van der Waals surface area contributed by atoms with E-state index >= 15 is 0 Å². The standard InChI is InChI=1S/C15H19N3S/c1-10(2)11-3-5-12(6-4-11)15-18-17-14(19-15)9-16-13-7-8-13/h3-6,10,13,16H,7-9H2,1-2H3. The Morgan fingerprint density at radius 3 is 2.58 bits per heavy atom. The summed E-state index contributed by atoms with van der Waals surface area (Å²) in [6.07, 6.45) is 2.62. The zero-order chi connectivity index (χ0) is 13.2. The first kappa shape index (κ1) is 12.8. The van der Waals surface area contributed by atoms with Crippen LogP contribution in [0.2, 0.25) is 0 Å². The molecule has 19 heavy (non-hydrogen) atoms. The van der Waals surface area contributed by atoms with Crippen LogP contribution in [0.15, 0.2) is 24.3 Å². The van der Waals surface area contributed by atoms with E-state index in [0.717, 1.165) is 22.6 Å². The first-order valence-corrected chi connectivity index (χ1v) is 7.70. The molecule has 3 rings (SSSR count). The molecule has 1 aliphatic carbocycles. The number of aromatic nitrogens is 2. The summed E-state index contributed by atoms with van der Waals surface area (Å²) < 4.78 is 0. The monoisotopic (exact) mass is 273 g/mol. The second-order valence-electron chi connectivity index (χ2n) is 5.43. The number of benzene rings is 1. The van der Waals surface area contributed by atoms with Crippen LogP contribution in [0.5, 0.6) is 0 Å². The normalized spacial score (nSPS) is 15.1. The van der Waals surface area contributed by atoms with Crippen LogP contribution in [0.3, 0.4) is 0 Å². The number of nitrogens with one attached hydrogen (secondary N) is 1. The quantitative estimate of drug-likeness (QED) is 0.905. The van der Waals surface area contributed by atoms with Crippen molar-refractivity contribution < 1.29 is 0 Å².